The fourth-order valence-electron chi connectivity index (χ4n) is 4.80. The number of hydrogen-bond acceptors (Lipinski definition) is 7. The van der Waals surface area contributed by atoms with Crippen LogP contribution in [0.4, 0.5) is 0 Å². The summed E-state index contributed by atoms with van der Waals surface area (Å²) in [6, 6.07) is 0. The molecule has 2 aliphatic heterocycles. The summed E-state index contributed by atoms with van der Waals surface area (Å²) < 4.78 is 11.3. The summed E-state index contributed by atoms with van der Waals surface area (Å²) in [5, 5.41) is 11.6. The Labute approximate surface area is 157 Å². The molecule has 2 bridgehead atoms. The van der Waals surface area contributed by atoms with E-state index in [1.54, 1.807) is 32.9 Å². The Morgan fingerprint density at radius 1 is 1.37 bits per heavy atom. The van der Waals surface area contributed by atoms with Crippen molar-refractivity contribution in [3.05, 3.63) is 36.0 Å². The van der Waals surface area contributed by atoms with Gasteiger partial charge in [0.05, 0.1) is 5.92 Å². The van der Waals surface area contributed by atoms with Crippen LogP contribution in [0.1, 0.15) is 34.1 Å². The summed E-state index contributed by atoms with van der Waals surface area (Å²) >= 11 is 0. The Balaban J connectivity index is 1.81. The lowest BCUT2D eigenvalue weighted by Crippen LogP contribution is -2.62. The van der Waals surface area contributed by atoms with Gasteiger partial charge in [-0.15, -0.1) is 0 Å². The second kappa shape index (κ2) is 5.53. The van der Waals surface area contributed by atoms with E-state index in [1.807, 2.05) is 13.0 Å². The van der Waals surface area contributed by atoms with E-state index in [2.05, 4.69) is 6.58 Å². The van der Waals surface area contributed by atoms with Crippen LogP contribution in [0, 0.1) is 11.8 Å². The highest BCUT2D eigenvalue weighted by atomic mass is 17.2. The molecule has 0 aromatic carbocycles. The Kier molecular flexibility index (Phi) is 3.77. The van der Waals surface area contributed by atoms with Crippen LogP contribution in [-0.2, 0) is 28.8 Å². The van der Waals surface area contributed by atoms with Crippen LogP contribution in [0.15, 0.2) is 36.0 Å². The maximum atomic E-state index is 12.4. The number of carbonyl (C=O) groups is 2. The summed E-state index contributed by atoms with van der Waals surface area (Å²) in [7, 11) is 0. The number of esters is 2. The van der Waals surface area contributed by atoms with Crippen molar-refractivity contribution < 1.29 is 33.9 Å². The van der Waals surface area contributed by atoms with Crippen molar-refractivity contribution in [2.75, 3.05) is 0 Å². The average molecular weight is 376 g/mol. The molecule has 146 valence electrons. The first kappa shape index (κ1) is 18.4. The summed E-state index contributed by atoms with van der Waals surface area (Å²) in [6.45, 7) is 10.6. The van der Waals surface area contributed by atoms with Gasteiger partial charge in [0.2, 0.25) is 0 Å². The molecule has 3 fully saturated rings. The van der Waals surface area contributed by atoms with Gasteiger partial charge in [-0.1, -0.05) is 18.7 Å². The minimum absolute atomic E-state index is 0.205. The Morgan fingerprint density at radius 2 is 2.07 bits per heavy atom. The van der Waals surface area contributed by atoms with Crippen molar-refractivity contribution in [3.63, 3.8) is 0 Å². The van der Waals surface area contributed by atoms with E-state index in [0.29, 0.717) is 11.1 Å². The van der Waals surface area contributed by atoms with Gasteiger partial charge in [0.15, 0.2) is 5.60 Å². The van der Waals surface area contributed by atoms with Gasteiger partial charge in [-0.25, -0.2) is 19.4 Å². The van der Waals surface area contributed by atoms with E-state index < -0.39 is 52.8 Å². The Bertz CT molecular complexity index is 794. The highest BCUT2D eigenvalue weighted by Crippen LogP contribution is 2.61. The standard InChI is InChI=1S/C20H24O7/c1-6-10(2)16(21)24-13-9-12-11(3)17(22)25-14(12)15-18(4)7-8-20(15,27-26-18)19(13,5)23/h6-8,12-15,23H,3,9H2,1-2,4-5H3/b10-6-/t12-,13+,14-,15-,18-,19+,20+/m0/s1. The molecule has 0 spiro atoms. The predicted molar refractivity (Wildman–Crippen MR) is 93.0 cm³/mol. The van der Waals surface area contributed by atoms with Crippen LogP contribution >= 0.6 is 0 Å². The molecule has 0 radical (unpaired) electrons. The molecule has 2 heterocycles. The Morgan fingerprint density at radius 3 is 2.67 bits per heavy atom. The van der Waals surface area contributed by atoms with Crippen LogP contribution in [0.3, 0.4) is 0 Å². The maximum Gasteiger partial charge on any atom is 0.334 e. The first-order valence-corrected chi connectivity index (χ1v) is 9.10. The molecule has 0 amide bonds. The smallest absolute Gasteiger partial charge is 0.334 e. The number of aliphatic hydroxyl groups is 1. The van der Waals surface area contributed by atoms with Crippen LogP contribution in [0.5, 0.6) is 0 Å². The topological polar surface area (TPSA) is 91.3 Å². The van der Waals surface area contributed by atoms with Gasteiger partial charge in [-0.2, -0.15) is 0 Å². The maximum absolute atomic E-state index is 12.4. The van der Waals surface area contributed by atoms with Crippen LogP contribution in [-0.4, -0.2) is 46.1 Å². The first-order chi connectivity index (χ1) is 12.6. The van der Waals surface area contributed by atoms with E-state index >= 15 is 0 Å². The SMILES string of the molecule is C=C1C(=O)O[C@H]2[C@H]1C[C@@H](OC(=O)/C(C)=C\C)[C@@](C)(O)[C@]13C=C[C@](C)(OO1)[C@H]23. The van der Waals surface area contributed by atoms with E-state index in [9.17, 15) is 14.7 Å². The van der Waals surface area contributed by atoms with Gasteiger partial charge in [0.25, 0.3) is 0 Å². The third kappa shape index (κ3) is 2.19. The summed E-state index contributed by atoms with van der Waals surface area (Å²) in [5.41, 5.74) is -3.04. The van der Waals surface area contributed by atoms with Gasteiger partial charge >= 0.3 is 11.9 Å². The van der Waals surface area contributed by atoms with Crippen molar-refractivity contribution in [2.45, 2.75) is 63.1 Å². The van der Waals surface area contributed by atoms with E-state index in [0.717, 1.165) is 0 Å². The van der Waals surface area contributed by atoms with E-state index in [-0.39, 0.29) is 6.42 Å². The van der Waals surface area contributed by atoms with E-state index in [4.69, 9.17) is 19.2 Å². The normalized spacial score (nSPS) is 48.1. The van der Waals surface area contributed by atoms with Gasteiger partial charge in [-0.3, -0.25) is 0 Å². The fraction of sp³-hybridized carbons (Fsp3) is 0.600. The number of rotatable bonds is 2. The summed E-state index contributed by atoms with van der Waals surface area (Å²) in [5.74, 6) is -1.91. The highest BCUT2D eigenvalue weighted by Gasteiger charge is 2.76. The fourth-order valence-corrected chi connectivity index (χ4v) is 4.80. The molecule has 7 nitrogen and oxygen atoms in total. The molecular formula is C20H24O7. The molecule has 7 heteroatoms. The van der Waals surface area contributed by atoms with E-state index in [1.165, 1.54) is 0 Å². The monoisotopic (exact) mass is 376 g/mol. The van der Waals surface area contributed by atoms with Crippen molar-refractivity contribution in [2.24, 2.45) is 11.8 Å². The number of fused-ring (bicyclic) bond motifs is 1. The largest absolute Gasteiger partial charge is 0.458 e. The lowest BCUT2D eigenvalue weighted by atomic mass is 9.70. The van der Waals surface area contributed by atoms with Crippen molar-refractivity contribution >= 4 is 11.9 Å². The molecule has 2 saturated heterocycles. The Hall–Kier alpha value is -1.96. The molecule has 4 aliphatic rings. The number of hydrogen-bond donors (Lipinski definition) is 1. The minimum Gasteiger partial charge on any atom is -0.458 e. The molecule has 27 heavy (non-hydrogen) atoms. The zero-order valence-corrected chi connectivity index (χ0v) is 15.9. The summed E-state index contributed by atoms with van der Waals surface area (Å²) in [6.07, 6.45) is 3.85. The summed E-state index contributed by atoms with van der Waals surface area (Å²) in [4.78, 5) is 35.8. The number of carbonyl (C=O) groups excluding carboxylic acids is 2. The molecule has 4 rings (SSSR count). The third-order valence-corrected chi connectivity index (χ3v) is 6.67. The number of allylic oxidation sites excluding steroid dienone is 1. The van der Waals surface area contributed by atoms with Crippen LogP contribution in [0.25, 0.3) is 0 Å². The zero-order chi connectivity index (χ0) is 19.8. The molecule has 1 saturated carbocycles. The lowest BCUT2D eigenvalue weighted by Gasteiger charge is -2.43. The second-order valence-corrected chi connectivity index (χ2v) is 8.21. The molecule has 0 unspecified atom stereocenters. The predicted octanol–water partition coefficient (Wildman–Crippen LogP) is 1.76. The highest BCUT2D eigenvalue weighted by molar-refractivity contribution is 5.91. The molecular weight excluding hydrogens is 352 g/mol. The quantitative estimate of drug-likeness (QED) is 0.340. The van der Waals surface area contributed by atoms with Gasteiger partial charge in [0, 0.05) is 17.1 Å². The van der Waals surface area contributed by atoms with Crippen molar-refractivity contribution in [1.82, 2.24) is 0 Å². The lowest BCUT2D eigenvalue weighted by molar-refractivity contribution is -0.366. The molecule has 7 atom stereocenters. The van der Waals surface area contributed by atoms with Crippen molar-refractivity contribution in [1.29, 1.82) is 0 Å². The molecule has 0 aromatic heterocycles. The second-order valence-electron chi connectivity index (χ2n) is 8.21. The zero-order valence-electron chi connectivity index (χ0n) is 15.9. The number of ether oxygens (including phenoxy) is 2. The average Bonchev–Trinajstić information content (AvgIpc) is 3.18. The van der Waals surface area contributed by atoms with Crippen LogP contribution < -0.4 is 0 Å². The first-order valence-electron chi connectivity index (χ1n) is 9.10. The van der Waals surface area contributed by atoms with Gasteiger partial charge in [-0.05, 0) is 40.2 Å². The van der Waals surface area contributed by atoms with Crippen LogP contribution in [0.2, 0.25) is 0 Å². The van der Waals surface area contributed by atoms with Gasteiger partial charge < -0.3 is 14.6 Å². The van der Waals surface area contributed by atoms with Crippen molar-refractivity contribution in [3.8, 4) is 0 Å². The molecule has 1 N–H and O–H groups in total. The molecule has 0 aromatic rings. The third-order valence-electron chi connectivity index (χ3n) is 6.67. The molecule has 2 aliphatic carbocycles. The van der Waals surface area contributed by atoms with Gasteiger partial charge in [0.1, 0.15) is 23.4 Å². The minimum atomic E-state index is -1.61.